The number of aryl methyl sites for hydroxylation is 1. The maximum absolute atomic E-state index is 12.1. The van der Waals surface area contributed by atoms with E-state index in [-0.39, 0.29) is 10.6 Å². The van der Waals surface area contributed by atoms with Gasteiger partial charge in [0.15, 0.2) is 0 Å². The van der Waals surface area contributed by atoms with Gasteiger partial charge in [-0.3, -0.25) is 0 Å². The minimum atomic E-state index is -3.55. The number of rotatable bonds is 2. The third-order valence-corrected chi connectivity index (χ3v) is 3.93. The fourth-order valence-electron chi connectivity index (χ4n) is 1.50. The van der Waals surface area contributed by atoms with Crippen LogP contribution < -0.4 is 10.5 Å². The molecule has 0 aliphatic carbocycles. The molecule has 0 amide bonds. The molecular weight excluding hydrogens is 224 g/mol. The molecule has 0 bridgehead atoms. The van der Waals surface area contributed by atoms with Crippen molar-refractivity contribution in [1.29, 1.82) is 0 Å². The molecule has 3 N–H and O–H groups in total. The summed E-state index contributed by atoms with van der Waals surface area (Å²) in [6.07, 6.45) is 0. The minimum Gasteiger partial charge on any atom is -0.398 e. The van der Waals surface area contributed by atoms with E-state index in [2.05, 4.69) is 4.72 Å². The van der Waals surface area contributed by atoms with E-state index in [1.54, 1.807) is 45.9 Å². The van der Waals surface area contributed by atoms with Crippen LogP contribution in [0.4, 0.5) is 5.69 Å². The van der Waals surface area contributed by atoms with Gasteiger partial charge in [0.2, 0.25) is 10.0 Å². The van der Waals surface area contributed by atoms with Crippen LogP contribution in [0.15, 0.2) is 23.1 Å². The molecule has 5 heteroatoms. The Morgan fingerprint density at radius 2 is 1.81 bits per heavy atom. The van der Waals surface area contributed by atoms with Crippen LogP contribution in [0.3, 0.4) is 0 Å². The number of hydrogen-bond acceptors (Lipinski definition) is 3. The Hall–Kier alpha value is -1.07. The first kappa shape index (κ1) is 13.0. The molecule has 0 saturated heterocycles. The Labute approximate surface area is 96.9 Å². The number of hydrogen-bond donors (Lipinski definition) is 2. The first-order chi connectivity index (χ1) is 7.13. The maximum atomic E-state index is 12.1. The smallest absolute Gasteiger partial charge is 0.243 e. The highest BCUT2D eigenvalue weighted by Gasteiger charge is 2.25. The fraction of sp³-hybridized carbons (Fsp3) is 0.455. The van der Waals surface area contributed by atoms with Gasteiger partial charge in [0, 0.05) is 5.54 Å². The van der Waals surface area contributed by atoms with Crippen LogP contribution in [0.1, 0.15) is 26.3 Å². The Kier molecular flexibility index (Phi) is 3.30. The minimum absolute atomic E-state index is 0.171. The molecular formula is C11H18N2O2S. The van der Waals surface area contributed by atoms with Crippen molar-refractivity contribution in [2.45, 2.75) is 38.1 Å². The van der Waals surface area contributed by atoms with E-state index in [4.69, 9.17) is 5.73 Å². The Morgan fingerprint density at radius 3 is 2.25 bits per heavy atom. The highest BCUT2D eigenvalue weighted by molar-refractivity contribution is 7.89. The summed E-state index contributed by atoms with van der Waals surface area (Å²) >= 11 is 0. The van der Waals surface area contributed by atoms with Crippen molar-refractivity contribution >= 4 is 15.7 Å². The number of anilines is 1. The van der Waals surface area contributed by atoms with Crippen LogP contribution in [0.2, 0.25) is 0 Å². The van der Waals surface area contributed by atoms with Crippen molar-refractivity contribution in [3.8, 4) is 0 Å². The van der Waals surface area contributed by atoms with Gasteiger partial charge in [-0.1, -0.05) is 12.1 Å². The van der Waals surface area contributed by atoms with Crippen molar-refractivity contribution in [2.24, 2.45) is 0 Å². The molecule has 0 unspecified atom stereocenters. The molecule has 1 rings (SSSR count). The molecule has 1 aromatic carbocycles. The number of nitrogens with two attached hydrogens (primary N) is 1. The molecule has 0 heterocycles. The van der Waals surface area contributed by atoms with Crippen LogP contribution >= 0.6 is 0 Å². The van der Waals surface area contributed by atoms with Crippen LogP contribution in [-0.2, 0) is 10.0 Å². The fourth-order valence-corrected chi connectivity index (χ4v) is 3.27. The molecule has 0 atom stereocenters. The second-order valence-corrected chi connectivity index (χ2v) is 6.47. The second-order valence-electron chi connectivity index (χ2n) is 4.85. The monoisotopic (exact) mass is 242 g/mol. The maximum Gasteiger partial charge on any atom is 0.243 e. The Balaban J connectivity index is 3.29. The molecule has 0 radical (unpaired) electrons. The van der Waals surface area contributed by atoms with Crippen molar-refractivity contribution in [2.75, 3.05) is 5.73 Å². The van der Waals surface area contributed by atoms with E-state index in [1.807, 2.05) is 0 Å². The summed E-state index contributed by atoms with van der Waals surface area (Å²) in [5.74, 6) is 0. The molecule has 0 saturated carbocycles. The molecule has 0 aromatic heterocycles. The number of nitrogen functional groups attached to an aromatic ring is 1. The average molecular weight is 242 g/mol. The second kappa shape index (κ2) is 4.07. The van der Waals surface area contributed by atoms with E-state index in [9.17, 15) is 8.42 Å². The molecule has 4 nitrogen and oxygen atoms in total. The van der Waals surface area contributed by atoms with Gasteiger partial charge in [-0.05, 0) is 39.3 Å². The van der Waals surface area contributed by atoms with Crippen LogP contribution in [0.25, 0.3) is 0 Å². The highest BCUT2D eigenvalue weighted by Crippen LogP contribution is 2.23. The normalized spacial score (nSPS) is 12.8. The first-order valence-corrected chi connectivity index (χ1v) is 6.51. The SMILES string of the molecule is Cc1cccc(N)c1S(=O)(=O)NC(C)(C)C. The van der Waals surface area contributed by atoms with E-state index in [1.165, 1.54) is 0 Å². The molecule has 1 aromatic rings. The zero-order valence-corrected chi connectivity index (χ0v) is 10.9. The van der Waals surface area contributed by atoms with E-state index in [0.717, 1.165) is 0 Å². The third-order valence-electron chi connectivity index (χ3n) is 1.95. The van der Waals surface area contributed by atoms with E-state index in [0.29, 0.717) is 5.56 Å². The summed E-state index contributed by atoms with van der Waals surface area (Å²) < 4.78 is 26.8. The lowest BCUT2D eigenvalue weighted by molar-refractivity contribution is 0.491. The topological polar surface area (TPSA) is 72.2 Å². The third kappa shape index (κ3) is 2.96. The summed E-state index contributed by atoms with van der Waals surface area (Å²) in [6.45, 7) is 7.10. The van der Waals surface area contributed by atoms with Crippen LogP contribution in [-0.4, -0.2) is 14.0 Å². The lowest BCUT2D eigenvalue weighted by Crippen LogP contribution is -2.41. The van der Waals surface area contributed by atoms with Crippen LogP contribution in [0, 0.1) is 6.92 Å². The van der Waals surface area contributed by atoms with Gasteiger partial charge >= 0.3 is 0 Å². The van der Waals surface area contributed by atoms with Crippen molar-refractivity contribution < 1.29 is 8.42 Å². The predicted molar refractivity (Wildman–Crippen MR) is 65.7 cm³/mol. The molecule has 90 valence electrons. The van der Waals surface area contributed by atoms with Gasteiger partial charge in [0.1, 0.15) is 4.90 Å². The van der Waals surface area contributed by atoms with Gasteiger partial charge in [-0.15, -0.1) is 0 Å². The summed E-state index contributed by atoms with van der Waals surface area (Å²) in [5, 5.41) is 0. The Bertz CT molecular complexity index is 467. The summed E-state index contributed by atoms with van der Waals surface area (Å²) in [4.78, 5) is 0.171. The lowest BCUT2D eigenvalue weighted by Gasteiger charge is -2.21. The van der Waals surface area contributed by atoms with Gasteiger partial charge in [0.05, 0.1) is 5.69 Å². The standard InChI is InChI=1S/C11H18N2O2S/c1-8-6-5-7-9(12)10(8)16(14,15)13-11(2,3)4/h5-7,13H,12H2,1-4H3. The van der Waals surface area contributed by atoms with Gasteiger partial charge in [0.25, 0.3) is 0 Å². The molecule has 0 aliphatic rings. The molecule has 0 aliphatic heterocycles. The van der Waals surface area contributed by atoms with E-state index >= 15 is 0 Å². The average Bonchev–Trinajstić information content (AvgIpc) is 1.97. The first-order valence-electron chi connectivity index (χ1n) is 5.02. The quantitative estimate of drug-likeness (QED) is 0.775. The molecule has 0 spiro atoms. The molecule has 0 fully saturated rings. The molecule has 16 heavy (non-hydrogen) atoms. The van der Waals surface area contributed by atoms with Crippen molar-refractivity contribution in [3.05, 3.63) is 23.8 Å². The van der Waals surface area contributed by atoms with Crippen LogP contribution in [0.5, 0.6) is 0 Å². The van der Waals surface area contributed by atoms with Gasteiger partial charge in [-0.2, -0.15) is 0 Å². The summed E-state index contributed by atoms with van der Waals surface area (Å²) in [6, 6.07) is 5.05. The van der Waals surface area contributed by atoms with Gasteiger partial charge in [-0.25, -0.2) is 13.1 Å². The largest absolute Gasteiger partial charge is 0.398 e. The summed E-state index contributed by atoms with van der Waals surface area (Å²) in [7, 11) is -3.55. The van der Waals surface area contributed by atoms with Crippen molar-refractivity contribution in [1.82, 2.24) is 4.72 Å². The zero-order chi connectivity index (χ0) is 12.6. The zero-order valence-electron chi connectivity index (χ0n) is 10.0. The van der Waals surface area contributed by atoms with Crippen molar-refractivity contribution in [3.63, 3.8) is 0 Å². The lowest BCUT2D eigenvalue weighted by atomic mass is 10.1. The number of sulfonamides is 1. The van der Waals surface area contributed by atoms with Gasteiger partial charge < -0.3 is 5.73 Å². The number of nitrogens with one attached hydrogen (secondary N) is 1. The Morgan fingerprint density at radius 1 is 1.25 bits per heavy atom. The summed E-state index contributed by atoms with van der Waals surface area (Å²) in [5.41, 5.74) is 6.11. The number of benzene rings is 1. The van der Waals surface area contributed by atoms with E-state index < -0.39 is 15.6 Å². The highest BCUT2D eigenvalue weighted by atomic mass is 32.2. The predicted octanol–water partition coefficient (Wildman–Crippen LogP) is 1.65.